The van der Waals surface area contributed by atoms with Gasteiger partial charge in [-0.15, -0.1) is 0 Å². The van der Waals surface area contributed by atoms with Crippen molar-refractivity contribution in [3.8, 4) is 0 Å². The number of aryl methyl sites for hydroxylation is 2. The highest BCUT2D eigenvalue weighted by molar-refractivity contribution is 7.89. The van der Waals surface area contributed by atoms with Crippen LogP contribution in [0.5, 0.6) is 0 Å². The Morgan fingerprint density at radius 3 is 2.66 bits per heavy atom. The standard InChI is InChI=1S/C31H30ClFN4O3S/c1-36-16-15-34-30(36)19-37(31(38)25-18-24(25)22-8-2-3-9-26(22)32)21-14-13-20-7-6-11-28(23(20)17-21)35-41(39,40)29-12-5-4-10-27(29)33/h2-5,8-10,12-17,24-25,28,35H,6-7,11,18-19H2,1H3/t24-,25+,28-/m0/s1. The molecule has 212 valence electrons. The molecule has 2 aliphatic carbocycles. The maximum Gasteiger partial charge on any atom is 0.244 e. The van der Waals surface area contributed by atoms with E-state index in [4.69, 9.17) is 11.6 Å². The molecule has 1 N–H and O–H groups in total. The van der Waals surface area contributed by atoms with Crippen LogP contribution in [0.3, 0.4) is 0 Å². The summed E-state index contributed by atoms with van der Waals surface area (Å²) in [5, 5.41) is 0.655. The van der Waals surface area contributed by atoms with Crippen LogP contribution in [0.25, 0.3) is 0 Å². The van der Waals surface area contributed by atoms with E-state index in [-0.39, 0.29) is 29.2 Å². The average Bonchev–Trinajstić information content (AvgIpc) is 3.65. The molecule has 7 nitrogen and oxygen atoms in total. The van der Waals surface area contributed by atoms with Gasteiger partial charge in [0.2, 0.25) is 15.9 Å². The van der Waals surface area contributed by atoms with Gasteiger partial charge in [-0.3, -0.25) is 4.79 Å². The lowest BCUT2D eigenvalue weighted by Gasteiger charge is -2.29. The molecule has 1 fully saturated rings. The van der Waals surface area contributed by atoms with Crippen LogP contribution < -0.4 is 9.62 Å². The Morgan fingerprint density at radius 1 is 1.12 bits per heavy atom. The first kappa shape index (κ1) is 27.6. The van der Waals surface area contributed by atoms with Gasteiger partial charge in [0.05, 0.1) is 6.54 Å². The van der Waals surface area contributed by atoms with Gasteiger partial charge in [-0.2, -0.15) is 0 Å². The van der Waals surface area contributed by atoms with Crippen molar-refractivity contribution in [3.63, 3.8) is 0 Å². The van der Waals surface area contributed by atoms with Gasteiger partial charge in [0.25, 0.3) is 0 Å². The number of halogens is 2. The minimum absolute atomic E-state index is 0.0304. The zero-order valence-corrected chi connectivity index (χ0v) is 24.1. The van der Waals surface area contributed by atoms with Crippen LogP contribution in [-0.2, 0) is 34.8 Å². The molecule has 1 aromatic heterocycles. The van der Waals surface area contributed by atoms with E-state index in [1.807, 2.05) is 60.3 Å². The van der Waals surface area contributed by atoms with Crippen molar-refractivity contribution >= 4 is 33.2 Å². The number of fused-ring (bicyclic) bond motifs is 1. The number of nitrogens with zero attached hydrogens (tertiary/aromatic N) is 3. The minimum atomic E-state index is -4.11. The third kappa shape index (κ3) is 5.54. The number of hydrogen-bond acceptors (Lipinski definition) is 4. The Hall–Kier alpha value is -3.53. The van der Waals surface area contributed by atoms with Gasteiger partial charge in [0.1, 0.15) is 16.5 Å². The lowest BCUT2D eigenvalue weighted by Crippen LogP contribution is -2.34. The molecule has 0 aliphatic heterocycles. The Bertz CT molecular complexity index is 1720. The van der Waals surface area contributed by atoms with Gasteiger partial charge >= 0.3 is 0 Å². The van der Waals surface area contributed by atoms with Gasteiger partial charge in [-0.25, -0.2) is 22.5 Å². The summed E-state index contributed by atoms with van der Waals surface area (Å²) in [6.45, 7) is 0.262. The largest absolute Gasteiger partial charge is 0.337 e. The van der Waals surface area contributed by atoms with Crippen LogP contribution >= 0.6 is 11.6 Å². The van der Waals surface area contributed by atoms with Crippen molar-refractivity contribution < 1.29 is 17.6 Å². The highest BCUT2D eigenvalue weighted by atomic mass is 35.5. The van der Waals surface area contributed by atoms with Crippen LogP contribution in [0.2, 0.25) is 5.02 Å². The van der Waals surface area contributed by atoms with Crippen LogP contribution in [-0.4, -0.2) is 23.9 Å². The molecule has 1 saturated carbocycles. The van der Waals surface area contributed by atoms with Crippen LogP contribution in [0.4, 0.5) is 10.1 Å². The second kappa shape index (κ2) is 11.0. The van der Waals surface area contributed by atoms with E-state index >= 15 is 0 Å². The first-order valence-corrected chi connectivity index (χ1v) is 15.5. The van der Waals surface area contributed by atoms with E-state index in [0.29, 0.717) is 23.6 Å². The Balaban J connectivity index is 1.33. The molecule has 41 heavy (non-hydrogen) atoms. The number of hydrogen-bond donors (Lipinski definition) is 1. The maximum atomic E-state index is 14.4. The molecule has 0 radical (unpaired) electrons. The molecule has 2 aliphatic rings. The number of nitrogens with one attached hydrogen (secondary N) is 1. The molecular weight excluding hydrogens is 563 g/mol. The predicted octanol–water partition coefficient (Wildman–Crippen LogP) is 5.91. The highest BCUT2D eigenvalue weighted by Crippen LogP contribution is 2.51. The number of imidazole rings is 1. The van der Waals surface area contributed by atoms with Crippen molar-refractivity contribution in [2.45, 2.75) is 49.1 Å². The molecular formula is C31H30ClFN4O3S. The Kier molecular flexibility index (Phi) is 7.44. The topological polar surface area (TPSA) is 84.3 Å². The SMILES string of the molecule is Cn1ccnc1CN(C(=O)[C@@H]1C[C@H]1c1ccccc1Cl)c1ccc2c(c1)[C@@H](NS(=O)(=O)c1ccccc1F)CCC2. The highest BCUT2D eigenvalue weighted by Gasteiger charge is 2.47. The second-order valence-electron chi connectivity index (χ2n) is 10.7. The van der Waals surface area contributed by atoms with E-state index in [1.165, 1.54) is 18.2 Å². The number of amides is 1. The van der Waals surface area contributed by atoms with E-state index in [1.54, 1.807) is 11.1 Å². The number of carbonyl (C=O) groups excluding carboxylic acids is 1. The summed E-state index contributed by atoms with van der Waals surface area (Å²) in [5.74, 6) is -0.284. The molecule has 0 unspecified atom stereocenters. The number of anilines is 1. The summed E-state index contributed by atoms with van der Waals surface area (Å²) >= 11 is 6.45. The van der Waals surface area contributed by atoms with E-state index in [0.717, 1.165) is 41.4 Å². The zero-order valence-electron chi connectivity index (χ0n) is 22.5. The fourth-order valence-corrected chi connectivity index (χ4v) is 7.37. The van der Waals surface area contributed by atoms with Gasteiger partial charge in [0, 0.05) is 42.1 Å². The quantitative estimate of drug-likeness (QED) is 0.276. The fraction of sp³-hybridized carbons (Fsp3) is 0.290. The maximum absolute atomic E-state index is 14.4. The number of sulfonamides is 1. The number of rotatable bonds is 8. The monoisotopic (exact) mass is 592 g/mol. The Labute approximate surface area is 244 Å². The third-order valence-corrected chi connectivity index (χ3v) is 9.93. The van der Waals surface area contributed by atoms with E-state index < -0.39 is 21.9 Å². The summed E-state index contributed by atoms with van der Waals surface area (Å²) in [5.41, 5.74) is 3.44. The first-order valence-electron chi connectivity index (χ1n) is 13.6. The fourth-order valence-electron chi connectivity index (χ4n) is 5.76. The lowest BCUT2D eigenvalue weighted by molar-refractivity contribution is -0.120. The van der Waals surface area contributed by atoms with Crippen LogP contribution in [0.15, 0.2) is 84.0 Å². The minimum Gasteiger partial charge on any atom is -0.337 e. The van der Waals surface area contributed by atoms with Gasteiger partial charge in [-0.1, -0.05) is 48.0 Å². The normalized spacial score (nSPS) is 19.9. The van der Waals surface area contributed by atoms with E-state index in [9.17, 15) is 17.6 Å². The van der Waals surface area contributed by atoms with Crippen LogP contribution in [0, 0.1) is 11.7 Å². The average molecular weight is 593 g/mol. The van der Waals surface area contributed by atoms with E-state index in [2.05, 4.69) is 9.71 Å². The summed E-state index contributed by atoms with van der Waals surface area (Å²) in [6, 6.07) is 18.2. The van der Waals surface area contributed by atoms with Crippen molar-refractivity contribution in [1.82, 2.24) is 14.3 Å². The molecule has 1 heterocycles. The number of benzene rings is 3. The summed E-state index contributed by atoms with van der Waals surface area (Å²) in [7, 11) is -2.22. The summed E-state index contributed by atoms with van der Waals surface area (Å²) in [4.78, 5) is 19.8. The third-order valence-electron chi connectivity index (χ3n) is 8.08. The molecule has 0 saturated heterocycles. The molecule has 10 heteroatoms. The molecule has 6 rings (SSSR count). The molecule has 0 bridgehead atoms. The molecule has 3 atom stereocenters. The lowest BCUT2D eigenvalue weighted by atomic mass is 9.87. The van der Waals surface area contributed by atoms with Gasteiger partial charge in [-0.05, 0) is 78.6 Å². The predicted molar refractivity (Wildman–Crippen MR) is 156 cm³/mol. The van der Waals surface area contributed by atoms with Crippen LogP contribution in [0.1, 0.15) is 53.7 Å². The first-order chi connectivity index (χ1) is 19.7. The van der Waals surface area contributed by atoms with Gasteiger partial charge in [0.15, 0.2) is 0 Å². The molecule has 4 aromatic rings. The van der Waals surface area contributed by atoms with Gasteiger partial charge < -0.3 is 9.47 Å². The Morgan fingerprint density at radius 2 is 1.90 bits per heavy atom. The van der Waals surface area contributed by atoms with Crippen molar-refractivity contribution in [1.29, 1.82) is 0 Å². The summed E-state index contributed by atoms with van der Waals surface area (Å²) in [6.07, 6.45) is 6.38. The number of carbonyl (C=O) groups is 1. The van der Waals surface area contributed by atoms with Crippen molar-refractivity contribution in [3.05, 3.63) is 112 Å². The van der Waals surface area contributed by atoms with Crippen molar-refractivity contribution in [2.24, 2.45) is 13.0 Å². The van der Waals surface area contributed by atoms with Crippen molar-refractivity contribution in [2.75, 3.05) is 4.90 Å². The summed E-state index contributed by atoms with van der Waals surface area (Å²) < 4.78 is 45.3. The molecule has 1 amide bonds. The number of aromatic nitrogens is 2. The molecule has 3 aromatic carbocycles. The smallest absolute Gasteiger partial charge is 0.244 e. The molecule has 0 spiro atoms. The second-order valence-corrected chi connectivity index (χ2v) is 12.8. The zero-order chi connectivity index (χ0) is 28.7.